The zero-order chi connectivity index (χ0) is 18.2. The summed E-state index contributed by atoms with van der Waals surface area (Å²) in [4.78, 5) is 34.0. The van der Waals surface area contributed by atoms with E-state index in [1.165, 1.54) is 0 Å². The lowest BCUT2D eigenvalue weighted by Gasteiger charge is -2.09. The fourth-order valence-electron chi connectivity index (χ4n) is 1.49. The van der Waals surface area contributed by atoms with E-state index in [9.17, 15) is 14.4 Å². The van der Waals surface area contributed by atoms with Crippen LogP contribution in [0.5, 0.6) is 0 Å². The second-order valence-electron chi connectivity index (χ2n) is 5.35. The van der Waals surface area contributed by atoms with Crippen LogP contribution in [-0.2, 0) is 28.6 Å². The highest BCUT2D eigenvalue weighted by molar-refractivity contribution is 5.84. The standard InChI is InChI=1S/C16H30N2O6/c1-4-14(19)12-23-8-6-17-16(21)11-18-15(20)5-7-22-9-10-24-13(2)3/h13H,4-12H2,1-3H3,(H,17,21)(H,18,20). The number of nitrogens with one attached hydrogen (secondary N) is 2. The molecule has 8 nitrogen and oxygen atoms in total. The summed E-state index contributed by atoms with van der Waals surface area (Å²) in [5, 5.41) is 5.09. The average Bonchev–Trinajstić information content (AvgIpc) is 2.55. The number of hydrogen-bond acceptors (Lipinski definition) is 6. The van der Waals surface area contributed by atoms with E-state index in [0.717, 1.165) is 0 Å². The van der Waals surface area contributed by atoms with Gasteiger partial charge in [-0.05, 0) is 13.8 Å². The molecule has 0 atom stereocenters. The number of Topliss-reactive ketones (excluding diaryl/α,β-unsaturated/α-hetero) is 1. The summed E-state index contributed by atoms with van der Waals surface area (Å²) in [5.41, 5.74) is 0. The first kappa shape index (κ1) is 22.5. The van der Waals surface area contributed by atoms with E-state index in [4.69, 9.17) is 14.2 Å². The molecular formula is C16H30N2O6. The average molecular weight is 346 g/mol. The summed E-state index contributed by atoms with van der Waals surface area (Å²) in [6.45, 7) is 7.39. The zero-order valence-corrected chi connectivity index (χ0v) is 14.9. The van der Waals surface area contributed by atoms with E-state index in [-0.39, 0.29) is 56.5 Å². The van der Waals surface area contributed by atoms with Gasteiger partial charge in [0, 0.05) is 19.4 Å². The fraction of sp³-hybridized carbons (Fsp3) is 0.812. The predicted molar refractivity (Wildman–Crippen MR) is 88.7 cm³/mol. The third kappa shape index (κ3) is 15.4. The molecule has 0 unspecified atom stereocenters. The molecule has 0 fully saturated rings. The van der Waals surface area contributed by atoms with Crippen molar-refractivity contribution in [3.63, 3.8) is 0 Å². The second-order valence-corrected chi connectivity index (χ2v) is 5.35. The first-order valence-corrected chi connectivity index (χ1v) is 8.27. The van der Waals surface area contributed by atoms with Gasteiger partial charge < -0.3 is 24.8 Å². The maximum atomic E-state index is 11.5. The Balaban J connectivity index is 3.45. The van der Waals surface area contributed by atoms with Gasteiger partial charge in [-0.2, -0.15) is 0 Å². The van der Waals surface area contributed by atoms with Crippen molar-refractivity contribution < 1.29 is 28.6 Å². The molecule has 2 N–H and O–H groups in total. The molecule has 0 radical (unpaired) electrons. The van der Waals surface area contributed by atoms with Gasteiger partial charge >= 0.3 is 0 Å². The summed E-state index contributed by atoms with van der Waals surface area (Å²) < 4.78 is 15.6. The minimum Gasteiger partial charge on any atom is -0.379 e. The van der Waals surface area contributed by atoms with Crippen LogP contribution in [0.2, 0.25) is 0 Å². The number of carbonyl (C=O) groups excluding carboxylic acids is 3. The van der Waals surface area contributed by atoms with Crippen LogP contribution in [0.15, 0.2) is 0 Å². The quantitative estimate of drug-likeness (QED) is 0.406. The van der Waals surface area contributed by atoms with Gasteiger partial charge in [0.2, 0.25) is 11.8 Å². The number of hydrogen-bond donors (Lipinski definition) is 2. The summed E-state index contributed by atoms with van der Waals surface area (Å²) in [7, 11) is 0. The highest BCUT2D eigenvalue weighted by Gasteiger charge is 2.05. The Morgan fingerprint density at radius 2 is 1.67 bits per heavy atom. The van der Waals surface area contributed by atoms with E-state index >= 15 is 0 Å². The van der Waals surface area contributed by atoms with Crippen LogP contribution in [0.3, 0.4) is 0 Å². The van der Waals surface area contributed by atoms with Gasteiger partial charge in [-0.25, -0.2) is 0 Å². The Morgan fingerprint density at radius 3 is 2.33 bits per heavy atom. The van der Waals surface area contributed by atoms with Crippen LogP contribution >= 0.6 is 0 Å². The minimum atomic E-state index is -0.306. The second kappa shape index (κ2) is 15.0. The van der Waals surface area contributed by atoms with Crippen LogP contribution in [0.4, 0.5) is 0 Å². The molecule has 0 bridgehead atoms. The van der Waals surface area contributed by atoms with Crippen molar-refractivity contribution in [1.29, 1.82) is 0 Å². The fourth-order valence-corrected chi connectivity index (χ4v) is 1.49. The van der Waals surface area contributed by atoms with Crippen molar-refractivity contribution in [2.24, 2.45) is 0 Å². The highest BCUT2D eigenvalue weighted by Crippen LogP contribution is 1.89. The molecule has 0 heterocycles. The molecule has 0 aliphatic heterocycles. The SMILES string of the molecule is CCC(=O)COCCNC(=O)CNC(=O)CCOCCOC(C)C. The number of ketones is 1. The van der Waals surface area contributed by atoms with Gasteiger partial charge in [0.05, 0.1) is 39.1 Å². The molecule has 0 aliphatic rings. The number of rotatable bonds is 15. The van der Waals surface area contributed by atoms with E-state index in [1.807, 2.05) is 13.8 Å². The van der Waals surface area contributed by atoms with Crippen molar-refractivity contribution in [1.82, 2.24) is 10.6 Å². The lowest BCUT2D eigenvalue weighted by atomic mass is 10.3. The molecule has 0 aromatic heterocycles. The maximum Gasteiger partial charge on any atom is 0.239 e. The maximum absolute atomic E-state index is 11.5. The molecule has 0 aliphatic carbocycles. The van der Waals surface area contributed by atoms with E-state index in [2.05, 4.69) is 10.6 Å². The van der Waals surface area contributed by atoms with Crippen LogP contribution in [0.25, 0.3) is 0 Å². The van der Waals surface area contributed by atoms with Crippen LogP contribution in [-0.4, -0.2) is 69.8 Å². The molecule has 0 spiro atoms. The molecule has 2 amide bonds. The molecule has 0 saturated heterocycles. The summed E-state index contributed by atoms with van der Waals surface area (Å²) in [6, 6.07) is 0. The summed E-state index contributed by atoms with van der Waals surface area (Å²) in [6.07, 6.45) is 0.789. The third-order valence-electron chi connectivity index (χ3n) is 2.82. The van der Waals surface area contributed by atoms with Gasteiger partial charge in [-0.3, -0.25) is 14.4 Å². The third-order valence-corrected chi connectivity index (χ3v) is 2.82. The Morgan fingerprint density at radius 1 is 0.917 bits per heavy atom. The lowest BCUT2D eigenvalue weighted by Crippen LogP contribution is -2.38. The molecular weight excluding hydrogens is 316 g/mol. The van der Waals surface area contributed by atoms with Crippen molar-refractivity contribution in [2.45, 2.75) is 39.7 Å². The first-order chi connectivity index (χ1) is 11.5. The minimum absolute atomic E-state index is 0.0200. The first-order valence-electron chi connectivity index (χ1n) is 8.27. The van der Waals surface area contributed by atoms with E-state index < -0.39 is 0 Å². The predicted octanol–water partition coefficient (Wildman–Crippen LogP) is 0.0462. The van der Waals surface area contributed by atoms with Gasteiger partial charge in [-0.15, -0.1) is 0 Å². The largest absolute Gasteiger partial charge is 0.379 e. The van der Waals surface area contributed by atoms with Crippen LogP contribution in [0.1, 0.15) is 33.6 Å². The number of carbonyl (C=O) groups is 3. The molecule has 0 aromatic rings. The van der Waals surface area contributed by atoms with Crippen molar-refractivity contribution in [3.8, 4) is 0 Å². The molecule has 140 valence electrons. The number of amides is 2. The van der Waals surface area contributed by atoms with Crippen molar-refractivity contribution in [2.75, 3.05) is 46.1 Å². The molecule has 0 saturated carbocycles. The molecule has 0 rings (SSSR count). The van der Waals surface area contributed by atoms with Crippen molar-refractivity contribution >= 4 is 17.6 Å². The smallest absolute Gasteiger partial charge is 0.239 e. The number of ether oxygens (including phenoxy) is 3. The molecule has 8 heteroatoms. The highest BCUT2D eigenvalue weighted by atomic mass is 16.5. The van der Waals surface area contributed by atoms with Crippen LogP contribution < -0.4 is 10.6 Å². The van der Waals surface area contributed by atoms with E-state index in [1.54, 1.807) is 6.92 Å². The Kier molecular flexibility index (Phi) is 14.1. The van der Waals surface area contributed by atoms with E-state index in [0.29, 0.717) is 26.2 Å². The van der Waals surface area contributed by atoms with Crippen molar-refractivity contribution in [3.05, 3.63) is 0 Å². The zero-order valence-electron chi connectivity index (χ0n) is 14.9. The Bertz CT molecular complexity index is 374. The van der Waals surface area contributed by atoms with Gasteiger partial charge in [0.25, 0.3) is 0 Å². The Hall–Kier alpha value is -1.51. The van der Waals surface area contributed by atoms with Gasteiger partial charge in [0.1, 0.15) is 6.61 Å². The normalized spacial score (nSPS) is 10.7. The van der Waals surface area contributed by atoms with Crippen LogP contribution in [0, 0.1) is 0 Å². The summed E-state index contributed by atoms with van der Waals surface area (Å²) >= 11 is 0. The lowest BCUT2D eigenvalue weighted by molar-refractivity contribution is -0.127. The molecule has 0 aromatic carbocycles. The van der Waals surface area contributed by atoms with Gasteiger partial charge in [-0.1, -0.05) is 6.92 Å². The summed E-state index contributed by atoms with van der Waals surface area (Å²) in [5.74, 6) is -0.536. The molecule has 24 heavy (non-hydrogen) atoms. The monoisotopic (exact) mass is 346 g/mol. The van der Waals surface area contributed by atoms with Gasteiger partial charge in [0.15, 0.2) is 5.78 Å². The topological polar surface area (TPSA) is 103 Å². The Labute approximate surface area is 143 Å².